The van der Waals surface area contributed by atoms with E-state index in [0.717, 1.165) is 0 Å². The van der Waals surface area contributed by atoms with Crippen LogP contribution in [0.3, 0.4) is 0 Å². The molecule has 0 fully saturated rings. The summed E-state index contributed by atoms with van der Waals surface area (Å²) in [6.45, 7) is 4.12. The average molecular weight is 271 g/mol. The summed E-state index contributed by atoms with van der Waals surface area (Å²) in [5, 5.41) is 5.94. The molecule has 0 unspecified atom stereocenters. The average Bonchev–Trinajstić information content (AvgIpc) is 2.46. The van der Waals surface area contributed by atoms with Gasteiger partial charge in [-0.2, -0.15) is 0 Å². The summed E-state index contributed by atoms with van der Waals surface area (Å²) in [5.41, 5.74) is 1.25. The van der Waals surface area contributed by atoms with Crippen LogP contribution in [-0.2, 0) is 9.53 Å². The maximum Gasteiger partial charge on any atom is 0.307 e. The molecule has 3 heteroatoms. The minimum absolute atomic E-state index is 0.0800. The van der Waals surface area contributed by atoms with Crippen molar-refractivity contribution in [3.63, 3.8) is 0 Å². The lowest BCUT2D eigenvalue weighted by Crippen LogP contribution is -2.31. The van der Waals surface area contributed by atoms with Crippen LogP contribution in [0.15, 0.2) is 42.5 Å². The second-order valence-corrected chi connectivity index (χ2v) is 5.14. The van der Waals surface area contributed by atoms with Crippen molar-refractivity contribution in [2.24, 2.45) is 0 Å². The van der Waals surface area contributed by atoms with Gasteiger partial charge in [0, 0.05) is 12.1 Å². The van der Waals surface area contributed by atoms with Gasteiger partial charge in [-0.1, -0.05) is 42.5 Å². The maximum atomic E-state index is 11.3. The molecule has 0 aliphatic rings. The predicted molar refractivity (Wildman–Crippen MR) is 81.6 cm³/mol. The smallest absolute Gasteiger partial charge is 0.307 e. The van der Waals surface area contributed by atoms with Crippen LogP contribution < -0.4 is 5.32 Å². The SMILES string of the molecule is COC(=O)C[C@H](C)N[C@H](C)c1cccc2ccccc12. The molecule has 0 aromatic heterocycles. The Kier molecular flexibility index (Phi) is 4.74. The van der Waals surface area contributed by atoms with E-state index in [1.54, 1.807) is 0 Å². The van der Waals surface area contributed by atoms with Gasteiger partial charge in [0.1, 0.15) is 0 Å². The highest BCUT2D eigenvalue weighted by Gasteiger charge is 2.14. The van der Waals surface area contributed by atoms with Gasteiger partial charge in [0.2, 0.25) is 0 Å². The van der Waals surface area contributed by atoms with Crippen LogP contribution in [-0.4, -0.2) is 19.1 Å². The van der Waals surface area contributed by atoms with Gasteiger partial charge in [0.05, 0.1) is 13.5 Å². The van der Waals surface area contributed by atoms with Crippen molar-refractivity contribution in [1.29, 1.82) is 0 Å². The Balaban J connectivity index is 2.15. The summed E-state index contributed by atoms with van der Waals surface area (Å²) in [6.07, 6.45) is 0.381. The lowest BCUT2D eigenvalue weighted by molar-refractivity contribution is -0.141. The second-order valence-electron chi connectivity index (χ2n) is 5.14. The van der Waals surface area contributed by atoms with E-state index >= 15 is 0 Å². The van der Waals surface area contributed by atoms with Crippen LogP contribution in [0.1, 0.15) is 31.9 Å². The Morgan fingerprint density at radius 2 is 1.85 bits per heavy atom. The van der Waals surface area contributed by atoms with E-state index in [-0.39, 0.29) is 18.1 Å². The minimum atomic E-state index is -0.185. The molecule has 0 heterocycles. The van der Waals surface area contributed by atoms with E-state index in [2.05, 4.69) is 48.6 Å². The first-order chi connectivity index (χ1) is 9.61. The van der Waals surface area contributed by atoms with Crippen LogP contribution in [0.25, 0.3) is 10.8 Å². The molecule has 0 aliphatic heterocycles. The molecule has 0 spiro atoms. The summed E-state index contributed by atoms with van der Waals surface area (Å²) in [5.74, 6) is -0.185. The summed E-state index contributed by atoms with van der Waals surface area (Å²) in [4.78, 5) is 11.3. The first-order valence-corrected chi connectivity index (χ1v) is 6.92. The highest BCUT2D eigenvalue weighted by atomic mass is 16.5. The number of carbonyl (C=O) groups is 1. The number of esters is 1. The van der Waals surface area contributed by atoms with Crippen LogP contribution in [0.4, 0.5) is 0 Å². The monoisotopic (exact) mass is 271 g/mol. The molecular formula is C17H21NO2. The van der Waals surface area contributed by atoms with Gasteiger partial charge in [0.25, 0.3) is 0 Å². The van der Waals surface area contributed by atoms with Crippen molar-refractivity contribution < 1.29 is 9.53 Å². The zero-order chi connectivity index (χ0) is 14.5. The van der Waals surface area contributed by atoms with Gasteiger partial charge >= 0.3 is 5.97 Å². The molecular weight excluding hydrogens is 250 g/mol. The van der Waals surface area contributed by atoms with Gasteiger partial charge in [-0.25, -0.2) is 0 Å². The van der Waals surface area contributed by atoms with Gasteiger partial charge in [-0.3, -0.25) is 4.79 Å². The molecule has 0 saturated carbocycles. The molecule has 0 bridgehead atoms. The molecule has 3 nitrogen and oxygen atoms in total. The van der Waals surface area contributed by atoms with E-state index in [0.29, 0.717) is 6.42 Å². The quantitative estimate of drug-likeness (QED) is 0.847. The standard InChI is InChI=1S/C17H21NO2/c1-12(11-17(19)20-3)18-13(2)15-10-6-8-14-7-4-5-9-16(14)15/h4-10,12-13,18H,11H2,1-3H3/t12-,13+/m0/s1. The fraction of sp³-hybridized carbons (Fsp3) is 0.353. The largest absolute Gasteiger partial charge is 0.469 e. The van der Waals surface area contributed by atoms with E-state index < -0.39 is 0 Å². The molecule has 2 atom stereocenters. The molecule has 2 aromatic carbocycles. The topological polar surface area (TPSA) is 38.3 Å². The summed E-state index contributed by atoms with van der Waals surface area (Å²) in [6, 6.07) is 14.9. The Morgan fingerprint density at radius 3 is 2.60 bits per heavy atom. The number of fused-ring (bicyclic) bond motifs is 1. The van der Waals surface area contributed by atoms with Crippen LogP contribution in [0.5, 0.6) is 0 Å². The molecule has 0 radical (unpaired) electrons. The van der Waals surface area contributed by atoms with Crippen molar-refractivity contribution in [1.82, 2.24) is 5.32 Å². The molecule has 0 amide bonds. The van der Waals surface area contributed by atoms with Gasteiger partial charge in [-0.15, -0.1) is 0 Å². The Labute approximate surface area is 119 Å². The van der Waals surface area contributed by atoms with Crippen LogP contribution in [0, 0.1) is 0 Å². The van der Waals surface area contributed by atoms with Crippen LogP contribution >= 0.6 is 0 Å². The summed E-state index contributed by atoms with van der Waals surface area (Å²) >= 11 is 0. The summed E-state index contributed by atoms with van der Waals surface area (Å²) < 4.78 is 4.70. The number of methoxy groups -OCH3 is 1. The Morgan fingerprint density at radius 1 is 1.15 bits per heavy atom. The van der Waals surface area contributed by atoms with E-state index in [1.165, 1.54) is 23.4 Å². The number of nitrogens with one attached hydrogen (secondary N) is 1. The number of carbonyl (C=O) groups excluding carboxylic acids is 1. The van der Waals surface area contributed by atoms with Crippen molar-refractivity contribution in [2.75, 3.05) is 7.11 Å². The first kappa shape index (κ1) is 14.5. The third-order valence-corrected chi connectivity index (χ3v) is 3.52. The molecule has 1 N–H and O–H groups in total. The van der Waals surface area contributed by atoms with E-state index in [1.807, 2.05) is 13.0 Å². The van der Waals surface area contributed by atoms with E-state index in [9.17, 15) is 4.79 Å². The normalized spacial score (nSPS) is 13.9. The summed E-state index contributed by atoms with van der Waals surface area (Å²) in [7, 11) is 1.42. The Hall–Kier alpha value is -1.87. The molecule has 0 aliphatic carbocycles. The number of hydrogen-bond acceptors (Lipinski definition) is 3. The third-order valence-electron chi connectivity index (χ3n) is 3.52. The van der Waals surface area contributed by atoms with Crippen molar-refractivity contribution in [3.8, 4) is 0 Å². The number of benzene rings is 2. The molecule has 0 saturated heterocycles. The maximum absolute atomic E-state index is 11.3. The molecule has 2 aromatic rings. The van der Waals surface area contributed by atoms with Gasteiger partial charge < -0.3 is 10.1 Å². The number of rotatable bonds is 5. The minimum Gasteiger partial charge on any atom is -0.469 e. The highest BCUT2D eigenvalue weighted by Crippen LogP contribution is 2.24. The molecule has 20 heavy (non-hydrogen) atoms. The lowest BCUT2D eigenvalue weighted by Gasteiger charge is -2.21. The second kappa shape index (κ2) is 6.53. The molecule has 2 rings (SSSR count). The van der Waals surface area contributed by atoms with Crippen molar-refractivity contribution >= 4 is 16.7 Å². The predicted octanol–water partition coefficient (Wildman–Crippen LogP) is 3.44. The zero-order valence-corrected chi connectivity index (χ0v) is 12.2. The van der Waals surface area contributed by atoms with Crippen LogP contribution in [0.2, 0.25) is 0 Å². The first-order valence-electron chi connectivity index (χ1n) is 6.92. The van der Waals surface area contributed by atoms with E-state index in [4.69, 9.17) is 4.74 Å². The fourth-order valence-corrected chi connectivity index (χ4v) is 2.54. The van der Waals surface area contributed by atoms with Crippen molar-refractivity contribution in [3.05, 3.63) is 48.0 Å². The number of ether oxygens (including phenoxy) is 1. The van der Waals surface area contributed by atoms with Gasteiger partial charge in [0.15, 0.2) is 0 Å². The van der Waals surface area contributed by atoms with Crippen molar-refractivity contribution in [2.45, 2.75) is 32.4 Å². The number of hydrogen-bond donors (Lipinski definition) is 1. The zero-order valence-electron chi connectivity index (χ0n) is 12.2. The fourth-order valence-electron chi connectivity index (χ4n) is 2.54. The highest BCUT2D eigenvalue weighted by molar-refractivity contribution is 5.86. The van der Waals surface area contributed by atoms with Gasteiger partial charge in [-0.05, 0) is 30.2 Å². The third kappa shape index (κ3) is 3.36. The Bertz CT molecular complexity index is 589. The molecule has 106 valence electrons. The lowest BCUT2D eigenvalue weighted by atomic mass is 9.99.